The van der Waals surface area contributed by atoms with Crippen molar-refractivity contribution in [1.82, 2.24) is 10.3 Å². The summed E-state index contributed by atoms with van der Waals surface area (Å²) >= 11 is 0. The third-order valence-electron chi connectivity index (χ3n) is 5.92. The highest BCUT2D eigenvalue weighted by atomic mass is 16.5. The molecule has 1 saturated heterocycles. The maximum absolute atomic E-state index is 11.8. The molecule has 0 unspecified atom stereocenters. The highest BCUT2D eigenvalue weighted by molar-refractivity contribution is 5.98. The lowest BCUT2D eigenvalue weighted by molar-refractivity contribution is 0.0965. The largest absolute Gasteiger partial charge is 0.490 e. The molecule has 6 heteroatoms. The predicted molar refractivity (Wildman–Crippen MR) is 106 cm³/mol. The third-order valence-corrected chi connectivity index (χ3v) is 5.92. The number of benzene rings is 1. The maximum atomic E-state index is 11.8. The van der Waals surface area contributed by atoms with Crippen LogP contribution < -0.4 is 15.0 Å². The summed E-state index contributed by atoms with van der Waals surface area (Å²) < 4.78 is 11.8. The van der Waals surface area contributed by atoms with Gasteiger partial charge in [0.2, 0.25) is 0 Å². The van der Waals surface area contributed by atoms with E-state index in [1.165, 1.54) is 11.1 Å². The first-order valence-corrected chi connectivity index (χ1v) is 10.1. The van der Waals surface area contributed by atoms with Gasteiger partial charge in [-0.3, -0.25) is 4.79 Å². The van der Waals surface area contributed by atoms with E-state index in [9.17, 15) is 4.79 Å². The number of nitrogens with one attached hydrogen (secondary N) is 1. The van der Waals surface area contributed by atoms with Gasteiger partial charge in [0.1, 0.15) is 17.7 Å². The third kappa shape index (κ3) is 3.22. The summed E-state index contributed by atoms with van der Waals surface area (Å²) in [5.41, 5.74) is 5.27. The van der Waals surface area contributed by atoms with E-state index in [2.05, 4.69) is 28.4 Å². The molecule has 0 atom stereocenters. The second-order valence-corrected chi connectivity index (χ2v) is 7.84. The lowest BCUT2D eigenvalue weighted by Gasteiger charge is -2.34. The normalized spacial score (nSPS) is 19.2. The van der Waals surface area contributed by atoms with Crippen LogP contribution in [-0.4, -0.2) is 36.7 Å². The number of rotatable bonds is 3. The van der Waals surface area contributed by atoms with Gasteiger partial charge in [0.25, 0.3) is 5.91 Å². The van der Waals surface area contributed by atoms with Crippen molar-refractivity contribution in [3.63, 3.8) is 0 Å². The van der Waals surface area contributed by atoms with Crippen molar-refractivity contribution in [3.8, 4) is 5.75 Å². The number of pyridine rings is 1. The fraction of sp³-hybridized carbons (Fsp3) is 0.455. The van der Waals surface area contributed by atoms with Crippen LogP contribution in [0.5, 0.6) is 5.75 Å². The zero-order valence-electron chi connectivity index (χ0n) is 16.2. The van der Waals surface area contributed by atoms with Crippen LogP contribution in [0.2, 0.25) is 0 Å². The van der Waals surface area contributed by atoms with Gasteiger partial charge in [-0.1, -0.05) is 6.07 Å². The molecule has 1 N–H and O–H groups in total. The molecule has 1 fully saturated rings. The summed E-state index contributed by atoms with van der Waals surface area (Å²) in [4.78, 5) is 18.9. The van der Waals surface area contributed by atoms with E-state index in [0.717, 1.165) is 67.3 Å². The summed E-state index contributed by atoms with van der Waals surface area (Å²) in [6, 6.07) is 8.37. The quantitative estimate of drug-likeness (QED) is 0.888. The first-order chi connectivity index (χ1) is 13.7. The van der Waals surface area contributed by atoms with Gasteiger partial charge in [-0.25, -0.2) is 4.98 Å². The van der Waals surface area contributed by atoms with Gasteiger partial charge in [0, 0.05) is 25.9 Å². The molecule has 1 aromatic heterocycles. The molecular weight excluding hydrogens is 354 g/mol. The van der Waals surface area contributed by atoms with Crippen LogP contribution in [0.1, 0.15) is 45.6 Å². The van der Waals surface area contributed by atoms with Crippen molar-refractivity contribution in [2.45, 2.75) is 45.4 Å². The molecule has 0 spiro atoms. The topological polar surface area (TPSA) is 63.7 Å². The summed E-state index contributed by atoms with van der Waals surface area (Å²) in [5, 5.41) is 2.85. The Bertz CT molecular complexity index is 919. The molecule has 0 radical (unpaired) electrons. The summed E-state index contributed by atoms with van der Waals surface area (Å²) in [5.74, 6) is 1.93. The SMILES string of the molecule is Cc1cc2c(nc1N1CCC(Oc3ccc4c(c3)COCC4)CC1)CNC2=O. The highest BCUT2D eigenvalue weighted by Crippen LogP contribution is 2.28. The number of fused-ring (bicyclic) bond motifs is 2. The Labute approximate surface area is 164 Å². The van der Waals surface area contributed by atoms with E-state index in [-0.39, 0.29) is 12.0 Å². The Morgan fingerprint density at radius 1 is 1.21 bits per heavy atom. The average Bonchev–Trinajstić information content (AvgIpc) is 3.08. The number of anilines is 1. The molecule has 1 aromatic carbocycles. The number of hydrogen-bond donors (Lipinski definition) is 1. The number of aryl methyl sites for hydroxylation is 1. The summed E-state index contributed by atoms with van der Waals surface area (Å²) in [7, 11) is 0. The Balaban J connectivity index is 1.24. The molecule has 4 heterocycles. The van der Waals surface area contributed by atoms with Crippen LogP contribution in [0.3, 0.4) is 0 Å². The van der Waals surface area contributed by atoms with E-state index in [4.69, 9.17) is 14.5 Å². The Hall–Kier alpha value is -2.60. The number of aromatic nitrogens is 1. The van der Waals surface area contributed by atoms with Gasteiger partial charge in [0.05, 0.1) is 31.0 Å². The average molecular weight is 379 g/mol. The number of hydrogen-bond acceptors (Lipinski definition) is 5. The zero-order valence-corrected chi connectivity index (χ0v) is 16.2. The minimum Gasteiger partial charge on any atom is -0.490 e. The number of ether oxygens (including phenoxy) is 2. The minimum atomic E-state index is -0.0142. The van der Waals surface area contributed by atoms with Crippen molar-refractivity contribution < 1.29 is 14.3 Å². The smallest absolute Gasteiger partial charge is 0.253 e. The molecule has 2 aromatic rings. The minimum absolute atomic E-state index is 0.0142. The highest BCUT2D eigenvalue weighted by Gasteiger charge is 2.26. The fourth-order valence-electron chi connectivity index (χ4n) is 4.35. The van der Waals surface area contributed by atoms with Gasteiger partial charge < -0.3 is 19.7 Å². The van der Waals surface area contributed by atoms with Crippen LogP contribution >= 0.6 is 0 Å². The molecule has 0 bridgehead atoms. The van der Waals surface area contributed by atoms with Crippen molar-refractivity contribution in [3.05, 3.63) is 52.2 Å². The van der Waals surface area contributed by atoms with E-state index in [1.54, 1.807) is 0 Å². The number of carbonyl (C=O) groups excluding carboxylic acids is 1. The van der Waals surface area contributed by atoms with Gasteiger partial charge in [-0.15, -0.1) is 0 Å². The predicted octanol–water partition coefficient (Wildman–Crippen LogP) is 2.75. The van der Waals surface area contributed by atoms with Crippen molar-refractivity contribution in [2.75, 3.05) is 24.6 Å². The Morgan fingerprint density at radius 2 is 2.07 bits per heavy atom. The van der Waals surface area contributed by atoms with Crippen molar-refractivity contribution in [2.24, 2.45) is 0 Å². The van der Waals surface area contributed by atoms with Crippen LogP contribution in [0, 0.1) is 6.92 Å². The Morgan fingerprint density at radius 3 is 2.93 bits per heavy atom. The lowest BCUT2D eigenvalue weighted by atomic mass is 10.0. The van der Waals surface area contributed by atoms with Crippen molar-refractivity contribution >= 4 is 11.7 Å². The standard InChI is InChI=1S/C22H25N3O3/c1-14-10-19-20(12-23-22(19)26)24-21(14)25-7-4-17(5-8-25)28-18-3-2-15-6-9-27-13-16(15)11-18/h2-3,10-11,17H,4-9,12-13H2,1H3,(H,23,26). The van der Waals surface area contributed by atoms with Crippen LogP contribution in [0.4, 0.5) is 5.82 Å². The van der Waals surface area contributed by atoms with E-state index in [1.807, 2.05) is 13.0 Å². The molecule has 1 amide bonds. The first kappa shape index (κ1) is 17.5. The lowest BCUT2D eigenvalue weighted by Crippen LogP contribution is -2.39. The maximum Gasteiger partial charge on any atom is 0.253 e. The summed E-state index contributed by atoms with van der Waals surface area (Å²) in [6.45, 7) is 5.88. The van der Waals surface area contributed by atoms with Gasteiger partial charge in [0.15, 0.2) is 0 Å². The van der Waals surface area contributed by atoms with E-state index >= 15 is 0 Å². The van der Waals surface area contributed by atoms with Crippen LogP contribution in [-0.2, 0) is 24.3 Å². The molecule has 0 saturated carbocycles. The van der Waals surface area contributed by atoms with Crippen LogP contribution in [0.15, 0.2) is 24.3 Å². The molecule has 3 aliphatic rings. The van der Waals surface area contributed by atoms with Crippen molar-refractivity contribution in [1.29, 1.82) is 0 Å². The number of nitrogens with zero attached hydrogens (tertiary/aromatic N) is 2. The summed E-state index contributed by atoms with van der Waals surface area (Å²) in [6.07, 6.45) is 3.13. The second kappa shape index (κ2) is 7.09. The van der Waals surface area contributed by atoms with Gasteiger partial charge in [-0.05, 0) is 48.2 Å². The molecule has 5 rings (SSSR count). The van der Waals surface area contributed by atoms with E-state index in [0.29, 0.717) is 13.2 Å². The van der Waals surface area contributed by atoms with Crippen LogP contribution in [0.25, 0.3) is 0 Å². The molecule has 146 valence electrons. The molecule has 6 nitrogen and oxygen atoms in total. The Kier molecular flexibility index (Phi) is 4.43. The monoisotopic (exact) mass is 379 g/mol. The fourth-order valence-corrected chi connectivity index (χ4v) is 4.35. The number of carbonyl (C=O) groups is 1. The molecule has 3 aliphatic heterocycles. The van der Waals surface area contributed by atoms with Gasteiger partial charge >= 0.3 is 0 Å². The number of piperidine rings is 1. The number of amides is 1. The molecule has 28 heavy (non-hydrogen) atoms. The second-order valence-electron chi connectivity index (χ2n) is 7.84. The first-order valence-electron chi connectivity index (χ1n) is 10.1. The van der Waals surface area contributed by atoms with E-state index < -0.39 is 0 Å². The van der Waals surface area contributed by atoms with Gasteiger partial charge in [-0.2, -0.15) is 0 Å². The zero-order chi connectivity index (χ0) is 19.1. The molecular formula is C22H25N3O3. The molecule has 0 aliphatic carbocycles.